The largest absolute Gasteiger partial charge is 0.353 e. The smallest absolute Gasteiger partial charge is 0.220 e. The number of benzene rings is 1. The molecule has 4 heteroatoms. The minimum absolute atomic E-state index is 0. The maximum Gasteiger partial charge on any atom is 0.220 e. The van der Waals surface area contributed by atoms with Gasteiger partial charge in [0.25, 0.3) is 0 Å². The lowest BCUT2D eigenvalue weighted by molar-refractivity contribution is -0.122. The minimum atomic E-state index is 0. The van der Waals surface area contributed by atoms with E-state index in [0.717, 1.165) is 38.8 Å². The average Bonchev–Trinajstić information content (AvgIpc) is 2.81. The summed E-state index contributed by atoms with van der Waals surface area (Å²) in [4.78, 5) is 12.1. The number of carbonyl (C=O) groups is 1. The second-order valence-electron chi connectivity index (χ2n) is 5.84. The second-order valence-corrected chi connectivity index (χ2v) is 5.84. The van der Waals surface area contributed by atoms with Gasteiger partial charge in [0.1, 0.15) is 0 Å². The summed E-state index contributed by atoms with van der Waals surface area (Å²) in [5, 5.41) is 6.55. The van der Waals surface area contributed by atoms with Crippen LogP contribution in [0.3, 0.4) is 0 Å². The van der Waals surface area contributed by atoms with E-state index in [1.165, 1.54) is 11.1 Å². The van der Waals surface area contributed by atoms with E-state index in [2.05, 4.69) is 34.9 Å². The zero-order valence-corrected chi connectivity index (χ0v) is 12.5. The van der Waals surface area contributed by atoms with Crippen LogP contribution in [0, 0.1) is 5.92 Å². The molecule has 1 aromatic rings. The highest BCUT2D eigenvalue weighted by molar-refractivity contribution is 5.85. The topological polar surface area (TPSA) is 41.1 Å². The van der Waals surface area contributed by atoms with Gasteiger partial charge in [-0.05, 0) is 55.8 Å². The normalized spacial score (nSPS) is 19.2. The molecule has 3 rings (SSSR count). The lowest BCUT2D eigenvalue weighted by Gasteiger charge is -2.22. The summed E-state index contributed by atoms with van der Waals surface area (Å²) in [5.74, 6) is 0.815. The van der Waals surface area contributed by atoms with Gasteiger partial charge in [0.2, 0.25) is 5.91 Å². The number of halogens is 1. The first-order valence-corrected chi connectivity index (χ1v) is 7.38. The van der Waals surface area contributed by atoms with E-state index >= 15 is 0 Å². The number of hydrogen-bond donors (Lipinski definition) is 2. The van der Waals surface area contributed by atoms with Crippen LogP contribution in [0.2, 0.25) is 0 Å². The summed E-state index contributed by atoms with van der Waals surface area (Å²) in [5.41, 5.74) is 2.80. The minimum Gasteiger partial charge on any atom is -0.353 e. The zero-order chi connectivity index (χ0) is 13.1. The lowest BCUT2D eigenvalue weighted by Crippen LogP contribution is -2.38. The summed E-state index contributed by atoms with van der Waals surface area (Å²) in [7, 11) is 0. The highest BCUT2D eigenvalue weighted by Crippen LogP contribution is 2.22. The SMILES string of the molecule is Cl.O=C(CC1CCNCC1)NC1Cc2ccccc2C1. The highest BCUT2D eigenvalue weighted by Gasteiger charge is 2.24. The Morgan fingerprint density at radius 1 is 1.15 bits per heavy atom. The van der Waals surface area contributed by atoms with Crippen molar-refractivity contribution in [3.05, 3.63) is 35.4 Å². The van der Waals surface area contributed by atoms with Gasteiger partial charge < -0.3 is 10.6 Å². The molecule has 0 aromatic heterocycles. The molecule has 0 bridgehead atoms. The number of carbonyl (C=O) groups excluding carboxylic acids is 1. The quantitative estimate of drug-likeness (QED) is 0.896. The fourth-order valence-electron chi connectivity index (χ4n) is 3.30. The number of piperidine rings is 1. The van der Waals surface area contributed by atoms with Crippen molar-refractivity contribution in [2.45, 2.75) is 38.1 Å². The molecule has 0 unspecified atom stereocenters. The number of fused-ring (bicyclic) bond motifs is 1. The Morgan fingerprint density at radius 3 is 2.35 bits per heavy atom. The van der Waals surface area contributed by atoms with Crippen LogP contribution in [0.1, 0.15) is 30.4 Å². The van der Waals surface area contributed by atoms with Crippen molar-refractivity contribution >= 4 is 18.3 Å². The maximum atomic E-state index is 12.1. The molecule has 0 radical (unpaired) electrons. The van der Waals surface area contributed by atoms with Crippen LogP contribution in [0.15, 0.2) is 24.3 Å². The fraction of sp³-hybridized carbons (Fsp3) is 0.562. The molecule has 110 valence electrons. The van der Waals surface area contributed by atoms with Gasteiger partial charge in [-0.3, -0.25) is 4.79 Å². The van der Waals surface area contributed by atoms with Crippen molar-refractivity contribution in [3.63, 3.8) is 0 Å². The van der Waals surface area contributed by atoms with Crippen LogP contribution < -0.4 is 10.6 Å². The summed E-state index contributed by atoms with van der Waals surface area (Å²) in [6.45, 7) is 2.12. The first kappa shape index (κ1) is 15.3. The molecule has 2 aliphatic rings. The van der Waals surface area contributed by atoms with E-state index in [-0.39, 0.29) is 18.3 Å². The standard InChI is InChI=1S/C16H22N2O.ClH/c19-16(9-12-5-7-17-8-6-12)18-15-10-13-3-1-2-4-14(13)11-15;/h1-4,12,15,17H,5-11H2,(H,18,19);1H. The van der Waals surface area contributed by atoms with Gasteiger partial charge in [-0.25, -0.2) is 0 Å². The first-order valence-electron chi connectivity index (χ1n) is 7.38. The van der Waals surface area contributed by atoms with Crippen molar-refractivity contribution < 1.29 is 4.79 Å². The molecule has 1 aromatic carbocycles. The van der Waals surface area contributed by atoms with Crippen LogP contribution in [0.4, 0.5) is 0 Å². The van der Waals surface area contributed by atoms with Gasteiger partial charge in [0, 0.05) is 12.5 Å². The van der Waals surface area contributed by atoms with Crippen molar-refractivity contribution in [2.24, 2.45) is 5.92 Å². The van der Waals surface area contributed by atoms with E-state index in [0.29, 0.717) is 18.4 Å². The molecule has 1 saturated heterocycles. The van der Waals surface area contributed by atoms with Crippen LogP contribution in [0.25, 0.3) is 0 Å². The van der Waals surface area contributed by atoms with Crippen LogP contribution >= 0.6 is 12.4 Å². The van der Waals surface area contributed by atoms with E-state index in [4.69, 9.17) is 0 Å². The Labute approximate surface area is 126 Å². The van der Waals surface area contributed by atoms with E-state index in [1.807, 2.05) is 0 Å². The maximum absolute atomic E-state index is 12.1. The summed E-state index contributed by atoms with van der Waals surface area (Å²) in [6.07, 6.45) is 4.97. The highest BCUT2D eigenvalue weighted by atomic mass is 35.5. The van der Waals surface area contributed by atoms with Crippen LogP contribution in [0.5, 0.6) is 0 Å². The fourth-order valence-corrected chi connectivity index (χ4v) is 3.30. The monoisotopic (exact) mass is 294 g/mol. The predicted molar refractivity (Wildman–Crippen MR) is 83.2 cm³/mol. The van der Waals surface area contributed by atoms with Crippen molar-refractivity contribution in [1.29, 1.82) is 0 Å². The van der Waals surface area contributed by atoms with Crippen molar-refractivity contribution in [1.82, 2.24) is 10.6 Å². The first-order chi connectivity index (χ1) is 9.31. The molecule has 0 atom stereocenters. The molecule has 0 saturated carbocycles. The molecular formula is C16H23ClN2O. The Morgan fingerprint density at radius 2 is 1.75 bits per heavy atom. The van der Waals surface area contributed by atoms with E-state index in [1.54, 1.807) is 0 Å². The summed E-state index contributed by atoms with van der Waals surface area (Å²) in [6, 6.07) is 8.82. The van der Waals surface area contributed by atoms with Crippen molar-refractivity contribution in [2.75, 3.05) is 13.1 Å². The second kappa shape index (κ2) is 7.09. The molecule has 0 spiro atoms. The third-order valence-corrected chi connectivity index (χ3v) is 4.35. The molecule has 1 amide bonds. The van der Waals surface area contributed by atoms with Gasteiger partial charge in [-0.2, -0.15) is 0 Å². The molecule has 1 aliphatic heterocycles. The van der Waals surface area contributed by atoms with Crippen molar-refractivity contribution in [3.8, 4) is 0 Å². The Balaban J connectivity index is 0.00000147. The molecule has 1 heterocycles. The Hall–Kier alpha value is -1.06. The van der Waals surface area contributed by atoms with Crippen LogP contribution in [-0.4, -0.2) is 25.0 Å². The molecule has 1 fully saturated rings. The van der Waals surface area contributed by atoms with Gasteiger partial charge in [-0.15, -0.1) is 12.4 Å². The lowest BCUT2D eigenvalue weighted by atomic mass is 9.94. The number of rotatable bonds is 3. The van der Waals surface area contributed by atoms with E-state index < -0.39 is 0 Å². The average molecular weight is 295 g/mol. The van der Waals surface area contributed by atoms with Gasteiger partial charge in [0.05, 0.1) is 0 Å². The third-order valence-electron chi connectivity index (χ3n) is 4.35. The molecular weight excluding hydrogens is 272 g/mol. The number of amides is 1. The molecule has 3 nitrogen and oxygen atoms in total. The van der Waals surface area contributed by atoms with E-state index in [9.17, 15) is 4.79 Å². The molecule has 1 aliphatic carbocycles. The summed E-state index contributed by atoms with van der Waals surface area (Å²) >= 11 is 0. The molecule has 20 heavy (non-hydrogen) atoms. The predicted octanol–water partition coefficient (Wildman–Crippen LogP) is 2.08. The van der Waals surface area contributed by atoms with Crippen LogP contribution in [-0.2, 0) is 17.6 Å². The summed E-state index contributed by atoms with van der Waals surface area (Å²) < 4.78 is 0. The van der Waals surface area contributed by atoms with Gasteiger partial charge in [0.15, 0.2) is 0 Å². The number of hydrogen-bond acceptors (Lipinski definition) is 2. The zero-order valence-electron chi connectivity index (χ0n) is 11.7. The third kappa shape index (κ3) is 3.74. The van der Waals surface area contributed by atoms with Gasteiger partial charge in [-0.1, -0.05) is 24.3 Å². The van der Waals surface area contributed by atoms with Gasteiger partial charge >= 0.3 is 0 Å². The molecule has 2 N–H and O–H groups in total. The Kier molecular flexibility index (Phi) is 5.44. The Bertz CT molecular complexity index is 433. The number of nitrogens with one attached hydrogen (secondary N) is 2.